The van der Waals surface area contributed by atoms with Crippen LogP contribution in [0, 0.1) is 0 Å². The summed E-state index contributed by atoms with van der Waals surface area (Å²) in [5.74, 6) is -1.51. The van der Waals surface area contributed by atoms with Crippen LogP contribution in [0.15, 0.2) is 24.3 Å². The van der Waals surface area contributed by atoms with E-state index in [0.29, 0.717) is 9.02 Å². The molecule has 7 nitrogen and oxygen atoms in total. The number of hydrogen-bond acceptors (Lipinski definition) is 7. The van der Waals surface area contributed by atoms with Crippen molar-refractivity contribution in [2.45, 2.75) is 59.7 Å². The summed E-state index contributed by atoms with van der Waals surface area (Å²) in [5.41, 5.74) is 0. The van der Waals surface area contributed by atoms with E-state index in [4.69, 9.17) is 12.9 Å². The van der Waals surface area contributed by atoms with Gasteiger partial charge in [-0.15, -0.1) is 0 Å². The van der Waals surface area contributed by atoms with Gasteiger partial charge >= 0.3 is 168 Å². The molecule has 0 atom stereocenters. The summed E-state index contributed by atoms with van der Waals surface area (Å²) in [4.78, 5) is 35.0. The van der Waals surface area contributed by atoms with E-state index in [1.54, 1.807) is 24.3 Å². The number of carbonyl (C=O) groups is 3. The predicted octanol–water partition coefficient (Wildman–Crippen LogP) is 2.64. The minimum absolute atomic E-state index is 0.0218. The maximum atomic E-state index is 11.7. The quantitative estimate of drug-likeness (QED) is 0.468. The first-order valence-corrected chi connectivity index (χ1v) is 18.2. The fourth-order valence-corrected chi connectivity index (χ4v) is 11.7. The molecule has 152 valence electrons. The Labute approximate surface area is 167 Å². The van der Waals surface area contributed by atoms with Crippen LogP contribution < -0.4 is 7.70 Å². The summed E-state index contributed by atoms with van der Waals surface area (Å²) in [7, 11) is -2.12. The SMILES string of the molecule is CC(=O)[O][BiH]([O]C(C)=O)([O]C(C)=O)[c]1cccc(O[Si](C)(C)C(C)(C)C)c1. The van der Waals surface area contributed by atoms with E-state index in [0.717, 1.165) is 0 Å². The molecular weight excluding hydrogens is 565 g/mol. The zero-order chi connectivity index (χ0) is 21.0. The molecule has 0 aliphatic heterocycles. The van der Waals surface area contributed by atoms with Gasteiger partial charge in [-0.25, -0.2) is 0 Å². The van der Waals surface area contributed by atoms with E-state index in [9.17, 15) is 14.4 Å². The average Bonchev–Trinajstić information content (AvgIpc) is 2.43. The van der Waals surface area contributed by atoms with E-state index in [1.807, 2.05) is 0 Å². The monoisotopic (exact) mass is 594 g/mol. The van der Waals surface area contributed by atoms with Crippen LogP contribution in [0.1, 0.15) is 41.5 Å². The van der Waals surface area contributed by atoms with Crippen molar-refractivity contribution in [1.82, 2.24) is 0 Å². The van der Waals surface area contributed by atoms with Crippen LogP contribution in [-0.2, 0) is 22.8 Å². The van der Waals surface area contributed by atoms with E-state index in [2.05, 4.69) is 33.9 Å². The Balaban J connectivity index is 3.43. The van der Waals surface area contributed by atoms with E-state index in [-0.39, 0.29) is 5.04 Å². The third-order valence-electron chi connectivity index (χ3n) is 4.20. The molecule has 0 heterocycles. The number of benzene rings is 1. The Kier molecular flexibility index (Phi) is 7.59. The van der Waals surface area contributed by atoms with Gasteiger partial charge in [0, 0.05) is 0 Å². The normalized spacial score (nSPS) is 12.7. The van der Waals surface area contributed by atoms with Gasteiger partial charge in [0.15, 0.2) is 0 Å². The van der Waals surface area contributed by atoms with Crippen LogP contribution in [0.25, 0.3) is 0 Å². The minimum atomic E-state index is -5.22. The molecule has 0 saturated heterocycles. The summed E-state index contributed by atoms with van der Waals surface area (Å²) >= 11 is -5.22. The van der Waals surface area contributed by atoms with Gasteiger partial charge in [-0.05, 0) is 0 Å². The summed E-state index contributed by atoms with van der Waals surface area (Å²) in [6.45, 7) is 14.1. The Morgan fingerprint density at radius 2 is 1.33 bits per heavy atom. The zero-order valence-electron chi connectivity index (χ0n) is 17.2. The zero-order valence-corrected chi connectivity index (χ0v) is 22.1. The third-order valence-corrected chi connectivity index (χ3v) is 19.0. The van der Waals surface area contributed by atoms with Gasteiger partial charge in [-0.3, -0.25) is 0 Å². The van der Waals surface area contributed by atoms with Crippen LogP contribution in [-0.4, -0.2) is 47.8 Å². The molecule has 0 saturated carbocycles. The average molecular weight is 594 g/mol. The summed E-state index contributed by atoms with van der Waals surface area (Å²) in [5, 5.41) is -0.0218. The fraction of sp³-hybridized carbons (Fsp3) is 0.500. The molecule has 0 unspecified atom stereocenters. The fourth-order valence-electron chi connectivity index (χ4n) is 2.00. The van der Waals surface area contributed by atoms with Crippen LogP contribution in [0.5, 0.6) is 5.75 Å². The van der Waals surface area contributed by atoms with Gasteiger partial charge in [0.2, 0.25) is 0 Å². The molecule has 0 radical (unpaired) electrons. The van der Waals surface area contributed by atoms with Crippen molar-refractivity contribution < 1.29 is 27.2 Å². The predicted molar refractivity (Wildman–Crippen MR) is 106 cm³/mol. The van der Waals surface area contributed by atoms with E-state index in [1.165, 1.54) is 20.8 Å². The second-order valence-electron chi connectivity index (χ2n) is 7.73. The van der Waals surface area contributed by atoms with Gasteiger partial charge in [0.1, 0.15) is 0 Å². The Bertz CT molecular complexity index is 684. The van der Waals surface area contributed by atoms with Gasteiger partial charge < -0.3 is 0 Å². The van der Waals surface area contributed by atoms with Crippen LogP contribution in [0.3, 0.4) is 0 Å². The molecule has 0 aromatic heterocycles. The van der Waals surface area contributed by atoms with Crippen LogP contribution in [0.4, 0.5) is 0 Å². The van der Waals surface area contributed by atoms with Crippen LogP contribution >= 0.6 is 0 Å². The Hall–Kier alpha value is -1.47. The molecule has 0 spiro atoms. The molecule has 0 fully saturated rings. The van der Waals surface area contributed by atoms with Crippen molar-refractivity contribution in [3.05, 3.63) is 24.3 Å². The molecule has 1 aromatic carbocycles. The standard InChI is InChI=1S/C12H19OSi.3C2H4O2.Bi.H/c1-12(2,3)14(4,5)13-11-9-7-6-8-10-11;3*1-2(3)4;;/h6-7,9-10H,1-5H3;3*1H3,(H,3,4);;/q;;;;+3;/p-3. The van der Waals surface area contributed by atoms with E-state index < -0.39 is 47.8 Å². The first kappa shape index (κ1) is 23.6. The molecule has 0 bridgehead atoms. The molecule has 0 aliphatic rings. The number of carbonyl (C=O) groups excluding carboxylic acids is 3. The first-order valence-electron chi connectivity index (χ1n) is 8.57. The molecule has 0 aliphatic carbocycles. The molecular formula is C18H29BiO7Si. The second kappa shape index (κ2) is 8.69. The maximum absolute atomic E-state index is 11.7. The van der Waals surface area contributed by atoms with Gasteiger partial charge in [-0.2, -0.15) is 0 Å². The van der Waals surface area contributed by atoms with Gasteiger partial charge in [0.25, 0.3) is 0 Å². The van der Waals surface area contributed by atoms with Crippen molar-refractivity contribution in [1.29, 1.82) is 0 Å². The van der Waals surface area contributed by atoms with Crippen molar-refractivity contribution in [2.75, 3.05) is 0 Å². The third kappa shape index (κ3) is 6.57. The van der Waals surface area contributed by atoms with Gasteiger partial charge in [0.05, 0.1) is 0 Å². The molecule has 1 rings (SSSR count). The second-order valence-corrected chi connectivity index (χ2v) is 21.4. The number of rotatable bonds is 6. The van der Waals surface area contributed by atoms with E-state index >= 15 is 0 Å². The van der Waals surface area contributed by atoms with Crippen molar-refractivity contribution in [2.24, 2.45) is 0 Å². The Morgan fingerprint density at radius 3 is 1.70 bits per heavy atom. The first-order chi connectivity index (χ1) is 12.2. The van der Waals surface area contributed by atoms with Crippen molar-refractivity contribution in [3.8, 4) is 5.75 Å². The van der Waals surface area contributed by atoms with Crippen molar-refractivity contribution in [3.63, 3.8) is 0 Å². The summed E-state index contributed by atoms with van der Waals surface area (Å²) in [6, 6.07) is 6.73. The molecule has 27 heavy (non-hydrogen) atoms. The molecule has 0 amide bonds. The molecule has 1 aromatic rings. The topological polar surface area (TPSA) is 88.1 Å². The summed E-state index contributed by atoms with van der Waals surface area (Å²) < 4.78 is 22.7. The van der Waals surface area contributed by atoms with Crippen LogP contribution in [0.2, 0.25) is 18.1 Å². The van der Waals surface area contributed by atoms with Crippen molar-refractivity contribution >= 4 is 51.1 Å². The number of hydrogen-bond donors (Lipinski definition) is 0. The molecule has 0 N–H and O–H groups in total. The summed E-state index contributed by atoms with van der Waals surface area (Å²) in [6.07, 6.45) is 0. The van der Waals surface area contributed by atoms with Gasteiger partial charge in [-0.1, -0.05) is 0 Å². The molecule has 9 heteroatoms. The Morgan fingerprint density at radius 1 is 0.889 bits per heavy atom.